The number of rotatable bonds is 2. The minimum Gasteiger partial charge on any atom is -0.379 e. The van der Waals surface area contributed by atoms with Crippen molar-refractivity contribution in [3.8, 4) is 0 Å². The Hall–Kier alpha value is -0.640. The molecular weight excluding hydrogens is 229 g/mol. The van der Waals surface area contributed by atoms with Crippen LogP contribution < -0.4 is 5.73 Å². The second-order valence-corrected chi connectivity index (χ2v) is 5.27. The van der Waals surface area contributed by atoms with Gasteiger partial charge in [-0.05, 0) is 30.5 Å². The molecule has 3 rings (SSSR count). The van der Waals surface area contributed by atoms with Gasteiger partial charge >= 0.3 is 0 Å². The van der Waals surface area contributed by atoms with Crippen LogP contribution >= 0.6 is 11.6 Å². The van der Waals surface area contributed by atoms with Gasteiger partial charge in [-0.2, -0.15) is 0 Å². The molecule has 1 aliphatic carbocycles. The highest BCUT2D eigenvalue weighted by molar-refractivity contribution is 6.30. The van der Waals surface area contributed by atoms with Gasteiger partial charge in [0.1, 0.15) is 5.82 Å². The van der Waals surface area contributed by atoms with E-state index in [2.05, 4.69) is 0 Å². The average molecular weight is 242 g/mol. The van der Waals surface area contributed by atoms with Crippen LogP contribution in [0, 0.1) is 5.82 Å². The third kappa shape index (κ3) is 1.25. The molecule has 0 spiro atoms. The molecule has 4 heteroatoms. The van der Waals surface area contributed by atoms with E-state index >= 15 is 0 Å². The molecule has 2 aliphatic rings. The second-order valence-electron chi connectivity index (χ2n) is 4.86. The smallest absolute Gasteiger partial charge is 0.141 e. The van der Waals surface area contributed by atoms with Crippen molar-refractivity contribution in [3.63, 3.8) is 0 Å². The maximum absolute atomic E-state index is 13.1. The average Bonchev–Trinajstić information content (AvgIpc) is 2.89. The lowest BCUT2D eigenvalue weighted by Gasteiger charge is -2.47. The van der Waals surface area contributed by atoms with Crippen molar-refractivity contribution < 1.29 is 9.13 Å². The largest absolute Gasteiger partial charge is 0.379 e. The van der Waals surface area contributed by atoms with E-state index in [0.29, 0.717) is 13.2 Å². The quantitative estimate of drug-likeness (QED) is 0.862. The van der Waals surface area contributed by atoms with Crippen LogP contribution in [0.2, 0.25) is 5.02 Å². The molecule has 86 valence electrons. The number of halogens is 2. The predicted octanol–water partition coefficient (Wildman–Crippen LogP) is 2.24. The molecule has 0 aromatic heterocycles. The first-order valence-electron chi connectivity index (χ1n) is 5.40. The first-order valence-corrected chi connectivity index (χ1v) is 5.77. The van der Waals surface area contributed by atoms with Gasteiger partial charge in [-0.3, -0.25) is 0 Å². The SMILES string of the molecule is NC1(C2(c3ccc(F)c(Cl)c3)COC2)CC1. The van der Waals surface area contributed by atoms with Crippen molar-refractivity contribution >= 4 is 11.6 Å². The van der Waals surface area contributed by atoms with Gasteiger partial charge in [-0.1, -0.05) is 17.7 Å². The van der Waals surface area contributed by atoms with Gasteiger partial charge in [0.25, 0.3) is 0 Å². The van der Waals surface area contributed by atoms with E-state index in [1.165, 1.54) is 6.07 Å². The Morgan fingerprint density at radius 2 is 2.00 bits per heavy atom. The molecule has 0 atom stereocenters. The lowest BCUT2D eigenvalue weighted by molar-refractivity contribution is -0.0786. The van der Waals surface area contributed by atoms with E-state index < -0.39 is 0 Å². The molecule has 1 aromatic carbocycles. The predicted molar refractivity (Wildman–Crippen MR) is 60.1 cm³/mol. The van der Waals surface area contributed by atoms with E-state index in [4.69, 9.17) is 22.1 Å². The van der Waals surface area contributed by atoms with Crippen molar-refractivity contribution in [3.05, 3.63) is 34.6 Å². The van der Waals surface area contributed by atoms with Gasteiger partial charge in [-0.25, -0.2) is 4.39 Å². The van der Waals surface area contributed by atoms with Crippen LogP contribution in [0.25, 0.3) is 0 Å². The fraction of sp³-hybridized carbons (Fsp3) is 0.500. The third-order valence-corrected chi connectivity index (χ3v) is 4.20. The van der Waals surface area contributed by atoms with Crippen molar-refractivity contribution in [2.75, 3.05) is 13.2 Å². The summed E-state index contributed by atoms with van der Waals surface area (Å²) in [6.45, 7) is 1.23. The highest BCUT2D eigenvalue weighted by Crippen LogP contribution is 2.53. The summed E-state index contributed by atoms with van der Waals surface area (Å²) in [6.07, 6.45) is 2.01. The molecule has 1 aliphatic heterocycles. The van der Waals surface area contributed by atoms with Crippen LogP contribution in [-0.4, -0.2) is 18.8 Å². The highest BCUT2D eigenvalue weighted by Gasteiger charge is 2.61. The lowest BCUT2D eigenvalue weighted by Crippen LogP contribution is -2.60. The molecule has 0 amide bonds. The van der Waals surface area contributed by atoms with Gasteiger partial charge < -0.3 is 10.5 Å². The molecule has 1 heterocycles. The van der Waals surface area contributed by atoms with Crippen LogP contribution in [-0.2, 0) is 10.2 Å². The van der Waals surface area contributed by atoms with Crippen molar-refractivity contribution in [1.82, 2.24) is 0 Å². The molecule has 1 saturated carbocycles. The maximum atomic E-state index is 13.1. The molecule has 2 nitrogen and oxygen atoms in total. The van der Waals surface area contributed by atoms with E-state index in [1.807, 2.05) is 0 Å². The summed E-state index contributed by atoms with van der Waals surface area (Å²) in [4.78, 5) is 0. The second kappa shape index (κ2) is 3.19. The van der Waals surface area contributed by atoms with Crippen LogP contribution in [0.3, 0.4) is 0 Å². The fourth-order valence-corrected chi connectivity index (χ4v) is 2.64. The van der Waals surface area contributed by atoms with E-state index in [0.717, 1.165) is 18.4 Å². The zero-order chi connectivity index (χ0) is 11.4. The van der Waals surface area contributed by atoms with Crippen LogP contribution in [0.5, 0.6) is 0 Å². The summed E-state index contributed by atoms with van der Waals surface area (Å²) in [5.41, 5.74) is 6.97. The molecular formula is C12H13ClFNO. The monoisotopic (exact) mass is 241 g/mol. The lowest BCUT2D eigenvalue weighted by atomic mass is 9.71. The molecule has 1 saturated heterocycles. The topological polar surface area (TPSA) is 35.2 Å². The summed E-state index contributed by atoms with van der Waals surface area (Å²) >= 11 is 5.81. The van der Waals surface area contributed by atoms with Gasteiger partial charge in [0.05, 0.1) is 23.7 Å². The number of nitrogens with two attached hydrogens (primary N) is 1. The highest BCUT2D eigenvalue weighted by atomic mass is 35.5. The van der Waals surface area contributed by atoms with Crippen LogP contribution in [0.1, 0.15) is 18.4 Å². The van der Waals surface area contributed by atoms with E-state index in [1.54, 1.807) is 12.1 Å². The Kier molecular flexibility index (Phi) is 2.09. The van der Waals surface area contributed by atoms with Gasteiger partial charge in [0.15, 0.2) is 0 Å². The molecule has 0 radical (unpaired) electrons. The normalized spacial score (nSPS) is 24.9. The molecule has 16 heavy (non-hydrogen) atoms. The summed E-state index contributed by atoms with van der Waals surface area (Å²) in [6, 6.07) is 4.87. The summed E-state index contributed by atoms with van der Waals surface area (Å²) in [5, 5.41) is 0.160. The van der Waals surface area contributed by atoms with Crippen molar-refractivity contribution in [2.45, 2.75) is 23.8 Å². The number of hydrogen-bond acceptors (Lipinski definition) is 2. The fourth-order valence-electron chi connectivity index (χ4n) is 2.45. The van der Waals surface area contributed by atoms with E-state index in [9.17, 15) is 4.39 Å². The molecule has 2 fully saturated rings. The minimum absolute atomic E-state index is 0.148. The number of benzene rings is 1. The van der Waals surface area contributed by atoms with E-state index in [-0.39, 0.29) is 21.8 Å². The summed E-state index contributed by atoms with van der Waals surface area (Å²) < 4.78 is 18.4. The zero-order valence-corrected chi connectivity index (χ0v) is 9.56. The van der Waals surface area contributed by atoms with Gasteiger partial charge in [-0.15, -0.1) is 0 Å². The van der Waals surface area contributed by atoms with Crippen LogP contribution in [0.4, 0.5) is 4.39 Å². The third-order valence-electron chi connectivity index (χ3n) is 3.91. The van der Waals surface area contributed by atoms with Crippen molar-refractivity contribution in [1.29, 1.82) is 0 Å². The molecule has 1 aromatic rings. The van der Waals surface area contributed by atoms with Gasteiger partial charge in [0.2, 0.25) is 0 Å². The Bertz CT molecular complexity index is 441. The number of ether oxygens (including phenoxy) is 1. The molecule has 0 bridgehead atoms. The first kappa shape index (κ1) is 10.5. The van der Waals surface area contributed by atoms with Crippen molar-refractivity contribution in [2.24, 2.45) is 5.73 Å². The maximum Gasteiger partial charge on any atom is 0.141 e. The Morgan fingerprint density at radius 1 is 1.31 bits per heavy atom. The Balaban J connectivity index is 2.04. The molecule has 0 unspecified atom stereocenters. The Labute approximate surface area is 98.5 Å². The standard InChI is InChI=1S/C12H13ClFNO/c13-9-5-8(1-2-10(9)14)11(6-16-7-11)12(15)3-4-12/h1-2,5H,3-4,6-7,15H2. The van der Waals surface area contributed by atoms with Crippen LogP contribution in [0.15, 0.2) is 18.2 Å². The zero-order valence-electron chi connectivity index (χ0n) is 8.80. The summed E-state index contributed by atoms with van der Waals surface area (Å²) in [7, 11) is 0. The minimum atomic E-state index is -0.386. The summed E-state index contributed by atoms with van der Waals surface area (Å²) in [5.74, 6) is -0.386. The molecule has 2 N–H and O–H groups in total. The first-order chi connectivity index (χ1) is 7.57. The van der Waals surface area contributed by atoms with Gasteiger partial charge in [0, 0.05) is 5.54 Å². The number of hydrogen-bond donors (Lipinski definition) is 1. The Morgan fingerprint density at radius 3 is 2.44 bits per heavy atom.